The lowest BCUT2D eigenvalue weighted by Gasteiger charge is -2.17. The van der Waals surface area contributed by atoms with Gasteiger partial charge in [0, 0.05) is 18.3 Å². The highest BCUT2D eigenvalue weighted by Gasteiger charge is 2.33. The van der Waals surface area contributed by atoms with Crippen LogP contribution >= 0.6 is 23.4 Å². The van der Waals surface area contributed by atoms with Crippen LogP contribution in [0.2, 0.25) is 5.02 Å². The minimum Gasteiger partial charge on any atom is -0.336 e. The number of likely N-dealkylation sites (N-methyl/N-ethyl adjacent to an activating group) is 1. The summed E-state index contributed by atoms with van der Waals surface area (Å²) in [5.74, 6) is -0.474. The molecule has 0 radical (unpaired) electrons. The molecule has 2 amide bonds. The lowest BCUT2D eigenvalue weighted by atomic mass is 10.2. The Morgan fingerprint density at radius 2 is 1.91 bits per heavy atom. The van der Waals surface area contributed by atoms with E-state index in [1.807, 2.05) is 30.3 Å². The Hall–Kier alpha value is -3.05. The van der Waals surface area contributed by atoms with E-state index in [1.165, 1.54) is 13.1 Å². The highest BCUT2D eigenvalue weighted by molar-refractivity contribution is 7.99. The first-order chi connectivity index (χ1) is 15.1. The van der Waals surface area contributed by atoms with E-state index in [0.29, 0.717) is 11.0 Å². The predicted octanol–water partition coefficient (Wildman–Crippen LogP) is 4.33. The summed E-state index contributed by atoms with van der Waals surface area (Å²) in [6, 6.07) is 12.4. The number of hydrogen-bond acceptors (Lipinski definition) is 5. The molecule has 168 valence electrons. The van der Waals surface area contributed by atoms with Crippen molar-refractivity contribution in [2.24, 2.45) is 0 Å². The molecule has 0 spiro atoms. The largest absolute Gasteiger partial charge is 0.417 e. The summed E-state index contributed by atoms with van der Waals surface area (Å²) in [6.07, 6.45) is -4.65. The molecular weight excluding hydrogens is 467 g/mol. The number of carbonyl (C=O) groups excluding carboxylic acids is 2. The SMILES string of the molecule is CN(CC(=O)Nc1ccc(Cl)c(C(F)(F)F)c1)C(=O)CSc1n[nH]c(-c2ccccc2)n1. The van der Waals surface area contributed by atoms with Crippen molar-refractivity contribution in [1.82, 2.24) is 20.1 Å². The predicted molar refractivity (Wildman–Crippen MR) is 115 cm³/mol. The molecule has 0 saturated heterocycles. The maximum atomic E-state index is 12.9. The summed E-state index contributed by atoms with van der Waals surface area (Å²) in [5.41, 5.74) is -0.280. The normalized spacial score (nSPS) is 11.3. The zero-order valence-electron chi connectivity index (χ0n) is 16.6. The molecule has 0 aliphatic carbocycles. The van der Waals surface area contributed by atoms with E-state index in [9.17, 15) is 22.8 Å². The monoisotopic (exact) mass is 483 g/mol. The summed E-state index contributed by atoms with van der Waals surface area (Å²) in [4.78, 5) is 29.9. The zero-order chi connectivity index (χ0) is 23.3. The van der Waals surface area contributed by atoms with Gasteiger partial charge in [0.05, 0.1) is 22.9 Å². The van der Waals surface area contributed by atoms with E-state index < -0.39 is 22.7 Å². The molecule has 0 atom stereocenters. The van der Waals surface area contributed by atoms with Gasteiger partial charge in [0.1, 0.15) is 0 Å². The third kappa shape index (κ3) is 6.24. The Morgan fingerprint density at radius 1 is 1.19 bits per heavy atom. The first-order valence-corrected chi connectivity index (χ1v) is 10.5. The molecule has 3 aromatic rings. The first kappa shape index (κ1) is 23.6. The Morgan fingerprint density at radius 3 is 2.59 bits per heavy atom. The van der Waals surface area contributed by atoms with Crippen LogP contribution in [0.15, 0.2) is 53.7 Å². The maximum absolute atomic E-state index is 12.9. The minimum atomic E-state index is -4.65. The number of thioether (sulfide) groups is 1. The lowest BCUT2D eigenvalue weighted by Crippen LogP contribution is -2.36. The molecule has 3 rings (SSSR count). The number of benzene rings is 2. The third-order valence-corrected chi connectivity index (χ3v) is 5.36. The molecule has 32 heavy (non-hydrogen) atoms. The van der Waals surface area contributed by atoms with Gasteiger partial charge in [0.25, 0.3) is 0 Å². The number of anilines is 1. The summed E-state index contributed by atoms with van der Waals surface area (Å²) < 4.78 is 38.8. The van der Waals surface area contributed by atoms with Crippen LogP contribution in [0.5, 0.6) is 0 Å². The minimum absolute atomic E-state index is 0.0188. The molecule has 1 aromatic heterocycles. The number of carbonyl (C=O) groups is 2. The molecule has 0 fully saturated rings. The summed E-state index contributed by atoms with van der Waals surface area (Å²) in [5, 5.41) is 9.08. The Kier molecular flexibility index (Phi) is 7.41. The number of amides is 2. The average Bonchev–Trinajstić information content (AvgIpc) is 3.22. The van der Waals surface area contributed by atoms with Crippen molar-refractivity contribution in [3.8, 4) is 11.4 Å². The van der Waals surface area contributed by atoms with Crippen molar-refractivity contribution < 1.29 is 22.8 Å². The van der Waals surface area contributed by atoms with Crippen LogP contribution < -0.4 is 5.32 Å². The standard InChI is InChI=1S/C20H17ClF3N5O2S/c1-29(10-16(30)25-13-7-8-15(21)14(9-13)20(22,23)24)17(31)11-32-19-26-18(27-28-19)12-5-3-2-4-6-12/h2-9H,10-11H2,1H3,(H,25,30)(H,26,27,28). The molecule has 0 bridgehead atoms. The van der Waals surface area contributed by atoms with Crippen molar-refractivity contribution in [2.75, 3.05) is 24.7 Å². The number of nitrogens with zero attached hydrogens (tertiary/aromatic N) is 3. The van der Waals surface area contributed by atoms with Crippen LogP contribution in [0.25, 0.3) is 11.4 Å². The second-order valence-electron chi connectivity index (χ2n) is 6.61. The van der Waals surface area contributed by atoms with Crippen LogP contribution in [0.3, 0.4) is 0 Å². The van der Waals surface area contributed by atoms with Crippen LogP contribution in [-0.4, -0.2) is 51.2 Å². The van der Waals surface area contributed by atoms with Gasteiger partial charge in [-0.3, -0.25) is 14.7 Å². The number of aromatic amines is 1. The second-order valence-corrected chi connectivity index (χ2v) is 7.96. The fourth-order valence-electron chi connectivity index (χ4n) is 2.60. The zero-order valence-corrected chi connectivity index (χ0v) is 18.2. The van der Waals surface area contributed by atoms with E-state index in [1.54, 1.807) is 0 Å². The van der Waals surface area contributed by atoms with Gasteiger partial charge in [-0.25, -0.2) is 4.98 Å². The van der Waals surface area contributed by atoms with Gasteiger partial charge in [-0.2, -0.15) is 13.2 Å². The van der Waals surface area contributed by atoms with Crippen molar-refractivity contribution in [1.29, 1.82) is 0 Å². The number of H-pyrrole nitrogens is 1. The second kappa shape index (κ2) is 10.0. The maximum Gasteiger partial charge on any atom is 0.417 e. The Bertz CT molecular complexity index is 1110. The van der Waals surface area contributed by atoms with Gasteiger partial charge in [-0.15, -0.1) is 5.10 Å². The van der Waals surface area contributed by atoms with Gasteiger partial charge in [-0.1, -0.05) is 53.7 Å². The van der Waals surface area contributed by atoms with E-state index >= 15 is 0 Å². The van der Waals surface area contributed by atoms with E-state index in [4.69, 9.17) is 11.6 Å². The Labute approximate surface area is 190 Å². The van der Waals surface area contributed by atoms with Gasteiger partial charge in [-0.05, 0) is 18.2 Å². The van der Waals surface area contributed by atoms with E-state index in [2.05, 4.69) is 20.5 Å². The van der Waals surface area contributed by atoms with Gasteiger partial charge >= 0.3 is 6.18 Å². The van der Waals surface area contributed by atoms with Crippen molar-refractivity contribution >= 4 is 40.9 Å². The number of aromatic nitrogens is 3. The smallest absolute Gasteiger partial charge is 0.336 e. The molecule has 0 aliphatic rings. The molecule has 0 unspecified atom stereocenters. The Balaban J connectivity index is 1.51. The fraction of sp³-hybridized carbons (Fsp3) is 0.200. The summed E-state index contributed by atoms with van der Waals surface area (Å²) >= 11 is 6.66. The fourth-order valence-corrected chi connectivity index (χ4v) is 3.56. The number of nitrogens with one attached hydrogen (secondary N) is 2. The highest BCUT2D eigenvalue weighted by Crippen LogP contribution is 2.36. The van der Waals surface area contributed by atoms with Crippen molar-refractivity contribution in [2.45, 2.75) is 11.3 Å². The van der Waals surface area contributed by atoms with Gasteiger partial charge < -0.3 is 10.2 Å². The van der Waals surface area contributed by atoms with Crippen LogP contribution in [-0.2, 0) is 15.8 Å². The third-order valence-electron chi connectivity index (χ3n) is 4.20. The molecule has 12 heteroatoms. The molecule has 0 saturated carbocycles. The summed E-state index contributed by atoms with van der Waals surface area (Å²) in [7, 11) is 1.42. The average molecular weight is 484 g/mol. The molecular formula is C20H17ClF3N5O2S. The number of alkyl halides is 3. The van der Waals surface area contributed by atoms with Crippen molar-refractivity contribution in [3.05, 3.63) is 59.1 Å². The number of rotatable bonds is 7. The molecule has 2 aromatic carbocycles. The van der Waals surface area contributed by atoms with Gasteiger partial charge in [0.2, 0.25) is 17.0 Å². The molecule has 0 aliphatic heterocycles. The molecule has 1 heterocycles. The van der Waals surface area contributed by atoms with Crippen LogP contribution in [0, 0.1) is 0 Å². The quantitative estimate of drug-likeness (QED) is 0.488. The topological polar surface area (TPSA) is 91.0 Å². The van der Waals surface area contributed by atoms with Crippen LogP contribution in [0.4, 0.5) is 18.9 Å². The first-order valence-electron chi connectivity index (χ1n) is 9.14. The summed E-state index contributed by atoms with van der Waals surface area (Å²) in [6.45, 7) is -0.341. The van der Waals surface area contributed by atoms with Gasteiger partial charge in [0.15, 0.2) is 5.82 Å². The number of halogens is 4. The van der Waals surface area contributed by atoms with Crippen LogP contribution in [0.1, 0.15) is 5.56 Å². The molecule has 2 N–H and O–H groups in total. The van der Waals surface area contributed by atoms with E-state index in [0.717, 1.165) is 34.4 Å². The van der Waals surface area contributed by atoms with Crippen molar-refractivity contribution in [3.63, 3.8) is 0 Å². The number of hydrogen-bond donors (Lipinski definition) is 2. The highest BCUT2D eigenvalue weighted by atomic mass is 35.5. The van der Waals surface area contributed by atoms with E-state index in [-0.39, 0.29) is 23.9 Å². The lowest BCUT2D eigenvalue weighted by molar-refractivity contribution is -0.137. The molecule has 7 nitrogen and oxygen atoms in total.